The highest BCUT2D eigenvalue weighted by Gasteiger charge is 2.09. The summed E-state index contributed by atoms with van der Waals surface area (Å²) in [5, 5.41) is 4.66. The van der Waals surface area contributed by atoms with Gasteiger partial charge < -0.3 is 10.1 Å². The number of halogens is 1. The predicted octanol–water partition coefficient (Wildman–Crippen LogP) is 4.00. The van der Waals surface area contributed by atoms with Crippen LogP contribution in [0, 0.1) is 0 Å². The number of nitrogens with one attached hydrogen (secondary N) is 1. The molecule has 1 aromatic heterocycles. The van der Waals surface area contributed by atoms with Crippen molar-refractivity contribution in [2.24, 2.45) is 0 Å². The molecule has 21 heavy (non-hydrogen) atoms. The lowest BCUT2D eigenvalue weighted by Gasteiger charge is -2.09. The second-order valence-electron chi connectivity index (χ2n) is 4.54. The van der Waals surface area contributed by atoms with Crippen molar-refractivity contribution in [3.05, 3.63) is 47.5 Å². The third-order valence-corrected chi connectivity index (χ3v) is 3.46. The number of nitrogens with zero attached hydrogens (tertiary/aromatic N) is 2. The van der Waals surface area contributed by atoms with E-state index in [0.29, 0.717) is 10.8 Å². The summed E-state index contributed by atoms with van der Waals surface area (Å²) in [4.78, 5) is 9.18. The van der Waals surface area contributed by atoms with Gasteiger partial charge in [0.05, 0.1) is 12.6 Å². The SMILES string of the molecule is CNc1nc(-c2cccc(OC)c2)nc2ccc(Cl)cc12. The summed E-state index contributed by atoms with van der Waals surface area (Å²) >= 11 is 6.04. The van der Waals surface area contributed by atoms with E-state index in [1.807, 2.05) is 49.5 Å². The molecular weight excluding hydrogens is 286 g/mol. The predicted molar refractivity (Wildman–Crippen MR) is 86.1 cm³/mol. The van der Waals surface area contributed by atoms with Gasteiger partial charge in [-0.05, 0) is 30.3 Å². The third-order valence-electron chi connectivity index (χ3n) is 3.22. The molecule has 3 aromatic rings. The summed E-state index contributed by atoms with van der Waals surface area (Å²) < 4.78 is 5.25. The molecule has 1 N–H and O–H groups in total. The van der Waals surface area contributed by atoms with E-state index in [0.717, 1.165) is 28.0 Å². The van der Waals surface area contributed by atoms with Crippen LogP contribution < -0.4 is 10.1 Å². The Balaban J connectivity index is 2.21. The number of rotatable bonds is 3. The first kappa shape index (κ1) is 13.6. The number of hydrogen-bond donors (Lipinski definition) is 1. The van der Waals surface area contributed by atoms with E-state index in [-0.39, 0.29) is 0 Å². The first-order valence-electron chi connectivity index (χ1n) is 6.51. The highest BCUT2D eigenvalue weighted by atomic mass is 35.5. The van der Waals surface area contributed by atoms with Crippen LogP contribution in [0.4, 0.5) is 5.82 Å². The number of hydrogen-bond acceptors (Lipinski definition) is 4. The smallest absolute Gasteiger partial charge is 0.162 e. The van der Waals surface area contributed by atoms with Crippen molar-refractivity contribution in [3.8, 4) is 17.1 Å². The molecule has 0 fully saturated rings. The zero-order chi connectivity index (χ0) is 14.8. The van der Waals surface area contributed by atoms with Crippen molar-refractivity contribution in [2.45, 2.75) is 0 Å². The minimum absolute atomic E-state index is 0.646. The fourth-order valence-electron chi connectivity index (χ4n) is 2.18. The largest absolute Gasteiger partial charge is 0.497 e. The fourth-order valence-corrected chi connectivity index (χ4v) is 2.35. The van der Waals surface area contributed by atoms with Crippen molar-refractivity contribution >= 4 is 28.3 Å². The van der Waals surface area contributed by atoms with E-state index >= 15 is 0 Å². The van der Waals surface area contributed by atoms with Gasteiger partial charge in [0, 0.05) is 23.0 Å². The third kappa shape index (κ3) is 2.62. The van der Waals surface area contributed by atoms with Crippen LogP contribution in [0.3, 0.4) is 0 Å². The Morgan fingerprint density at radius 2 is 1.95 bits per heavy atom. The van der Waals surface area contributed by atoms with Crippen LogP contribution in [-0.2, 0) is 0 Å². The first-order valence-corrected chi connectivity index (χ1v) is 6.88. The summed E-state index contributed by atoms with van der Waals surface area (Å²) in [6.07, 6.45) is 0. The summed E-state index contributed by atoms with van der Waals surface area (Å²) in [5.41, 5.74) is 1.75. The Bertz CT molecular complexity index is 805. The minimum atomic E-state index is 0.646. The molecule has 0 amide bonds. The van der Waals surface area contributed by atoms with Gasteiger partial charge in [0.25, 0.3) is 0 Å². The average molecular weight is 300 g/mol. The fraction of sp³-hybridized carbons (Fsp3) is 0.125. The average Bonchev–Trinajstić information content (AvgIpc) is 2.54. The van der Waals surface area contributed by atoms with Gasteiger partial charge in [-0.15, -0.1) is 0 Å². The maximum Gasteiger partial charge on any atom is 0.162 e. The quantitative estimate of drug-likeness (QED) is 0.794. The monoisotopic (exact) mass is 299 g/mol. The molecule has 0 unspecified atom stereocenters. The van der Waals surface area contributed by atoms with Gasteiger partial charge in [-0.25, -0.2) is 9.97 Å². The number of anilines is 1. The number of ether oxygens (including phenoxy) is 1. The van der Waals surface area contributed by atoms with Crippen molar-refractivity contribution in [1.82, 2.24) is 9.97 Å². The molecule has 4 nitrogen and oxygen atoms in total. The molecule has 0 bridgehead atoms. The van der Waals surface area contributed by atoms with Gasteiger partial charge in [-0.1, -0.05) is 23.7 Å². The van der Waals surface area contributed by atoms with E-state index in [9.17, 15) is 0 Å². The maximum absolute atomic E-state index is 6.04. The lowest BCUT2D eigenvalue weighted by molar-refractivity contribution is 0.415. The number of fused-ring (bicyclic) bond motifs is 1. The minimum Gasteiger partial charge on any atom is -0.497 e. The van der Waals surface area contributed by atoms with E-state index < -0.39 is 0 Å². The van der Waals surface area contributed by atoms with Gasteiger partial charge in [0.2, 0.25) is 0 Å². The van der Waals surface area contributed by atoms with Gasteiger partial charge in [0.15, 0.2) is 5.82 Å². The van der Waals surface area contributed by atoms with E-state index in [2.05, 4.69) is 15.3 Å². The molecule has 0 aliphatic rings. The number of aromatic nitrogens is 2. The molecule has 0 atom stereocenters. The van der Waals surface area contributed by atoms with Gasteiger partial charge in [-0.2, -0.15) is 0 Å². The molecule has 3 rings (SSSR count). The summed E-state index contributed by atoms with van der Waals surface area (Å²) in [6.45, 7) is 0. The topological polar surface area (TPSA) is 47.0 Å². The maximum atomic E-state index is 6.04. The summed E-state index contributed by atoms with van der Waals surface area (Å²) in [7, 11) is 3.47. The molecule has 0 aliphatic carbocycles. The molecule has 0 radical (unpaired) electrons. The van der Waals surface area contributed by atoms with Crippen LogP contribution in [-0.4, -0.2) is 24.1 Å². The summed E-state index contributed by atoms with van der Waals surface area (Å²) in [5.74, 6) is 2.17. The standard InChI is InChI=1S/C16H14ClN3O/c1-18-16-13-9-11(17)6-7-14(13)19-15(20-16)10-4-3-5-12(8-10)21-2/h3-9H,1-2H3,(H,18,19,20). The zero-order valence-corrected chi connectivity index (χ0v) is 12.5. The molecule has 0 spiro atoms. The second-order valence-corrected chi connectivity index (χ2v) is 4.98. The van der Waals surface area contributed by atoms with E-state index in [4.69, 9.17) is 16.3 Å². The molecule has 2 aromatic carbocycles. The Labute approximate surface area is 127 Å². The number of benzene rings is 2. The Hall–Kier alpha value is -2.33. The van der Waals surface area contributed by atoms with Crippen LogP contribution >= 0.6 is 11.6 Å². The van der Waals surface area contributed by atoms with Crippen LogP contribution in [0.2, 0.25) is 5.02 Å². The lowest BCUT2D eigenvalue weighted by atomic mass is 10.1. The van der Waals surface area contributed by atoms with Gasteiger partial charge in [-0.3, -0.25) is 0 Å². The van der Waals surface area contributed by atoms with Crippen LogP contribution in [0.15, 0.2) is 42.5 Å². The molecular formula is C16H14ClN3O. The van der Waals surface area contributed by atoms with Crippen LogP contribution in [0.25, 0.3) is 22.3 Å². The molecule has 0 aliphatic heterocycles. The highest BCUT2D eigenvalue weighted by molar-refractivity contribution is 6.31. The Morgan fingerprint density at radius 1 is 1.10 bits per heavy atom. The highest BCUT2D eigenvalue weighted by Crippen LogP contribution is 2.28. The van der Waals surface area contributed by atoms with Crippen molar-refractivity contribution in [1.29, 1.82) is 0 Å². The van der Waals surface area contributed by atoms with Crippen LogP contribution in [0.5, 0.6) is 5.75 Å². The van der Waals surface area contributed by atoms with Crippen molar-refractivity contribution in [2.75, 3.05) is 19.5 Å². The lowest BCUT2D eigenvalue weighted by Crippen LogP contribution is -1.99. The number of methoxy groups -OCH3 is 1. The van der Waals surface area contributed by atoms with E-state index in [1.54, 1.807) is 7.11 Å². The summed E-state index contributed by atoms with van der Waals surface area (Å²) in [6, 6.07) is 13.3. The van der Waals surface area contributed by atoms with Crippen molar-refractivity contribution in [3.63, 3.8) is 0 Å². The second kappa shape index (κ2) is 5.58. The van der Waals surface area contributed by atoms with E-state index in [1.165, 1.54) is 0 Å². The van der Waals surface area contributed by atoms with Crippen molar-refractivity contribution < 1.29 is 4.74 Å². The molecule has 0 saturated heterocycles. The molecule has 1 heterocycles. The molecule has 5 heteroatoms. The molecule has 0 saturated carbocycles. The normalized spacial score (nSPS) is 10.6. The van der Waals surface area contributed by atoms with Crippen LogP contribution in [0.1, 0.15) is 0 Å². The molecule has 106 valence electrons. The zero-order valence-electron chi connectivity index (χ0n) is 11.7. The Kier molecular flexibility index (Phi) is 3.62. The van der Waals surface area contributed by atoms with Gasteiger partial charge in [0.1, 0.15) is 11.6 Å². The van der Waals surface area contributed by atoms with Gasteiger partial charge >= 0.3 is 0 Å². The first-order chi connectivity index (χ1) is 10.2. The Morgan fingerprint density at radius 3 is 2.71 bits per heavy atom.